The molecule has 0 bridgehead atoms. The molecule has 1 atom stereocenters. The number of sulfonamides is 1. The second-order valence-electron chi connectivity index (χ2n) is 6.08. The van der Waals surface area contributed by atoms with Crippen molar-refractivity contribution in [3.63, 3.8) is 0 Å². The van der Waals surface area contributed by atoms with Gasteiger partial charge >= 0.3 is 0 Å². The molecule has 4 N–H and O–H groups in total. The van der Waals surface area contributed by atoms with Crippen LogP contribution in [0.15, 0.2) is 17.0 Å². The molecule has 0 aliphatic rings. The molecular formula is C13H20Cl2N2O3S. The zero-order valence-electron chi connectivity index (χ0n) is 12.2. The molecule has 0 aromatic heterocycles. The normalized spacial score (nSPS) is 14.2. The number of nitrogen functional groups attached to an aromatic ring is 1. The average molecular weight is 355 g/mol. The number of hydrogen-bond acceptors (Lipinski definition) is 4. The number of halogens is 2. The van der Waals surface area contributed by atoms with E-state index in [1.165, 1.54) is 12.1 Å². The number of aliphatic hydroxyl groups is 1. The molecule has 21 heavy (non-hydrogen) atoms. The van der Waals surface area contributed by atoms with Crippen molar-refractivity contribution in [2.45, 2.75) is 38.2 Å². The minimum Gasteiger partial charge on any atom is -0.398 e. The summed E-state index contributed by atoms with van der Waals surface area (Å²) in [5.74, 6) is 0. The van der Waals surface area contributed by atoms with E-state index in [0.717, 1.165) is 0 Å². The number of hydrogen-bond donors (Lipinski definition) is 3. The van der Waals surface area contributed by atoms with E-state index in [2.05, 4.69) is 4.72 Å². The summed E-state index contributed by atoms with van der Waals surface area (Å²) in [6.07, 6.45) is -0.341. The maximum Gasteiger partial charge on any atom is 0.244 e. The van der Waals surface area contributed by atoms with Crippen LogP contribution in [0.5, 0.6) is 0 Å². The predicted octanol–water partition coefficient (Wildman–Crippen LogP) is 2.65. The topological polar surface area (TPSA) is 92.4 Å². The summed E-state index contributed by atoms with van der Waals surface area (Å²) in [4.78, 5) is -0.225. The van der Waals surface area contributed by atoms with Gasteiger partial charge in [-0.2, -0.15) is 0 Å². The summed E-state index contributed by atoms with van der Waals surface area (Å²) in [7, 11) is -3.91. The van der Waals surface area contributed by atoms with Gasteiger partial charge in [-0.25, -0.2) is 13.1 Å². The Morgan fingerprint density at radius 2 is 1.90 bits per heavy atom. The first-order chi connectivity index (χ1) is 9.42. The molecule has 0 saturated heterocycles. The zero-order valence-corrected chi connectivity index (χ0v) is 14.5. The van der Waals surface area contributed by atoms with E-state index in [9.17, 15) is 13.5 Å². The van der Waals surface area contributed by atoms with Crippen molar-refractivity contribution in [1.82, 2.24) is 4.72 Å². The van der Waals surface area contributed by atoms with Crippen LogP contribution in [0.1, 0.15) is 27.2 Å². The highest BCUT2D eigenvalue weighted by Crippen LogP contribution is 2.31. The van der Waals surface area contributed by atoms with Gasteiger partial charge in [0, 0.05) is 11.6 Å². The Hall–Kier alpha value is -0.530. The van der Waals surface area contributed by atoms with Gasteiger partial charge in [0.05, 0.1) is 16.8 Å². The number of rotatable bonds is 5. The van der Waals surface area contributed by atoms with Gasteiger partial charge in [-0.1, -0.05) is 44.0 Å². The van der Waals surface area contributed by atoms with Crippen LogP contribution in [0.25, 0.3) is 0 Å². The molecule has 0 aliphatic carbocycles. The summed E-state index contributed by atoms with van der Waals surface area (Å²) >= 11 is 11.6. The number of nitrogens with two attached hydrogens (primary N) is 1. The summed E-state index contributed by atoms with van der Waals surface area (Å²) in [5, 5.41) is 10.1. The van der Waals surface area contributed by atoms with E-state index in [-0.39, 0.29) is 32.6 Å². The van der Waals surface area contributed by atoms with Gasteiger partial charge < -0.3 is 10.8 Å². The summed E-state index contributed by atoms with van der Waals surface area (Å²) < 4.78 is 26.8. The molecule has 8 heteroatoms. The second-order valence-corrected chi connectivity index (χ2v) is 8.62. The predicted molar refractivity (Wildman–Crippen MR) is 86.1 cm³/mol. The Labute approximate surface area is 135 Å². The molecule has 0 heterocycles. The molecule has 1 unspecified atom stereocenters. The van der Waals surface area contributed by atoms with Crippen LogP contribution >= 0.6 is 23.2 Å². The van der Waals surface area contributed by atoms with Crippen LogP contribution < -0.4 is 10.5 Å². The lowest BCUT2D eigenvalue weighted by Crippen LogP contribution is -2.34. The number of benzene rings is 1. The molecule has 0 amide bonds. The first-order valence-electron chi connectivity index (χ1n) is 6.34. The van der Waals surface area contributed by atoms with Gasteiger partial charge in [-0.05, 0) is 24.0 Å². The van der Waals surface area contributed by atoms with E-state index >= 15 is 0 Å². The highest BCUT2D eigenvalue weighted by atomic mass is 35.5. The van der Waals surface area contributed by atoms with E-state index in [1.807, 2.05) is 20.8 Å². The highest BCUT2D eigenvalue weighted by Gasteiger charge is 2.24. The average Bonchev–Trinajstić information content (AvgIpc) is 2.22. The summed E-state index contributed by atoms with van der Waals surface area (Å²) in [6.45, 7) is 5.76. The quantitative estimate of drug-likeness (QED) is 0.708. The van der Waals surface area contributed by atoms with Gasteiger partial charge in [0.15, 0.2) is 0 Å². The fourth-order valence-electron chi connectivity index (χ4n) is 1.92. The molecule has 1 aromatic carbocycles. The zero-order chi connectivity index (χ0) is 16.4. The fraction of sp³-hybridized carbons (Fsp3) is 0.538. The molecule has 0 radical (unpaired) electrons. The number of nitrogens with one attached hydrogen (secondary N) is 1. The molecule has 0 fully saturated rings. The van der Waals surface area contributed by atoms with Crippen molar-refractivity contribution in [1.29, 1.82) is 0 Å². The number of anilines is 1. The van der Waals surface area contributed by atoms with E-state index in [1.54, 1.807) is 0 Å². The lowest BCUT2D eigenvalue weighted by molar-refractivity contribution is 0.125. The van der Waals surface area contributed by atoms with Crippen LogP contribution in [0.4, 0.5) is 5.69 Å². The molecule has 0 aliphatic heterocycles. The van der Waals surface area contributed by atoms with Gasteiger partial charge in [0.2, 0.25) is 10.0 Å². The first kappa shape index (κ1) is 18.5. The van der Waals surface area contributed by atoms with Gasteiger partial charge in [-0.3, -0.25) is 0 Å². The maximum absolute atomic E-state index is 12.2. The van der Waals surface area contributed by atoms with Crippen molar-refractivity contribution in [2.24, 2.45) is 5.41 Å². The third kappa shape index (κ3) is 5.64. The van der Waals surface area contributed by atoms with Crippen molar-refractivity contribution in [2.75, 3.05) is 12.3 Å². The van der Waals surface area contributed by atoms with E-state index in [4.69, 9.17) is 28.9 Å². The third-order valence-corrected chi connectivity index (χ3v) is 4.83. The Balaban J connectivity index is 2.89. The second kappa shape index (κ2) is 6.71. The molecular weight excluding hydrogens is 335 g/mol. The standard InChI is InChI=1S/C13H20Cl2N2O3S/c1-13(2,3)6-9(18)7-17-21(19,20)12-10(15)4-8(14)5-11(12)16/h4-5,9,17-18H,6-7,16H2,1-3H3. The fourth-order valence-corrected chi connectivity index (χ4v) is 3.98. The smallest absolute Gasteiger partial charge is 0.244 e. The van der Waals surface area contributed by atoms with E-state index in [0.29, 0.717) is 6.42 Å². The van der Waals surface area contributed by atoms with Crippen molar-refractivity contribution in [3.8, 4) is 0 Å². The minimum atomic E-state index is -3.91. The summed E-state index contributed by atoms with van der Waals surface area (Å²) in [5.41, 5.74) is 5.52. The van der Waals surface area contributed by atoms with Crippen LogP contribution in [0, 0.1) is 5.41 Å². The van der Waals surface area contributed by atoms with Crippen molar-refractivity contribution < 1.29 is 13.5 Å². The van der Waals surface area contributed by atoms with Gasteiger partial charge in [0.1, 0.15) is 4.90 Å². The molecule has 5 nitrogen and oxygen atoms in total. The summed E-state index contributed by atoms with van der Waals surface area (Å²) in [6, 6.07) is 2.62. The van der Waals surface area contributed by atoms with Gasteiger partial charge in [0.25, 0.3) is 0 Å². The van der Waals surface area contributed by atoms with Gasteiger partial charge in [-0.15, -0.1) is 0 Å². The molecule has 1 rings (SSSR count). The highest BCUT2D eigenvalue weighted by molar-refractivity contribution is 7.89. The largest absolute Gasteiger partial charge is 0.398 e. The SMILES string of the molecule is CC(C)(C)CC(O)CNS(=O)(=O)c1c(N)cc(Cl)cc1Cl. The van der Waals surface area contributed by atoms with Crippen LogP contribution in [0.2, 0.25) is 10.0 Å². The number of aliphatic hydroxyl groups excluding tert-OH is 1. The van der Waals surface area contributed by atoms with Crippen LogP contribution in [-0.4, -0.2) is 26.2 Å². The minimum absolute atomic E-state index is 0.0367. The van der Waals surface area contributed by atoms with Crippen LogP contribution in [-0.2, 0) is 10.0 Å². The molecule has 0 saturated carbocycles. The van der Waals surface area contributed by atoms with Crippen molar-refractivity contribution >= 4 is 38.9 Å². The first-order valence-corrected chi connectivity index (χ1v) is 8.58. The Morgan fingerprint density at radius 1 is 1.33 bits per heavy atom. The van der Waals surface area contributed by atoms with E-state index < -0.39 is 16.1 Å². The molecule has 120 valence electrons. The van der Waals surface area contributed by atoms with Crippen LogP contribution in [0.3, 0.4) is 0 Å². The van der Waals surface area contributed by atoms with Crippen molar-refractivity contribution in [3.05, 3.63) is 22.2 Å². The Morgan fingerprint density at radius 3 is 2.38 bits per heavy atom. The molecule has 0 spiro atoms. The lowest BCUT2D eigenvalue weighted by Gasteiger charge is -2.22. The monoisotopic (exact) mass is 354 g/mol. The maximum atomic E-state index is 12.2. The Kier molecular flexibility index (Phi) is 5.91. The Bertz CT molecular complexity index is 589. The molecule has 1 aromatic rings. The lowest BCUT2D eigenvalue weighted by atomic mass is 9.89. The third-order valence-electron chi connectivity index (χ3n) is 2.66.